The summed E-state index contributed by atoms with van der Waals surface area (Å²) in [6.45, 7) is 1.78. The van der Waals surface area contributed by atoms with Crippen LogP contribution in [0.5, 0.6) is 0 Å². The Balaban J connectivity index is 1.74. The number of nitrogens with zero attached hydrogens (tertiary/aromatic N) is 5. The highest BCUT2D eigenvalue weighted by Crippen LogP contribution is 2.20. The summed E-state index contributed by atoms with van der Waals surface area (Å²) >= 11 is 0. The molecule has 1 fully saturated rings. The third kappa shape index (κ3) is 2.47. The Hall–Kier alpha value is -2.44. The van der Waals surface area contributed by atoms with Crippen LogP contribution in [0.3, 0.4) is 0 Å². The van der Waals surface area contributed by atoms with Crippen LogP contribution in [0.2, 0.25) is 0 Å². The molecule has 1 aromatic heterocycles. The molecule has 0 radical (unpaired) electrons. The Morgan fingerprint density at radius 3 is 2.75 bits per heavy atom. The molecule has 0 unspecified atom stereocenters. The Labute approximate surface area is 116 Å². The molecule has 0 spiro atoms. The number of carbonyl (C=O) groups excluding carboxylic acids is 1. The van der Waals surface area contributed by atoms with E-state index >= 15 is 0 Å². The summed E-state index contributed by atoms with van der Waals surface area (Å²) in [5.41, 5.74) is 7.19. The first-order valence-electron chi connectivity index (χ1n) is 6.64. The van der Waals surface area contributed by atoms with Gasteiger partial charge in [-0.1, -0.05) is 12.1 Å². The molecule has 0 atom stereocenters. The molecule has 1 amide bonds. The zero-order valence-electron chi connectivity index (χ0n) is 11.1. The second-order valence-electron chi connectivity index (χ2n) is 4.82. The van der Waals surface area contributed by atoms with E-state index in [0.717, 1.165) is 31.5 Å². The van der Waals surface area contributed by atoms with Crippen LogP contribution in [0.1, 0.15) is 12.8 Å². The maximum absolute atomic E-state index is 12.0. The fourth-order valence-corrected chi connectivity index (χ4v) is 2.31. The van der Waals surface area contributed by atoms with Crippen molar-refractivity contribution in [3.8, 4) is 11.4 Å². The summed E-state index contributed by atoms with van der Waals surface area (Å²) < 4.78 is 0. The minimum Gasteiger partial charge on any atom is -0.398 e. The normalized spacial score (nSPS) is 14.7. The Bertz CT molecular complexity index is 617. The highest BCUT2D eigenvalue weighted by Gasteiger charge is 2.19. The SMILES string of the molecule is Nc1ccccc1-c1nnn(CC(=O)N2CCCC2)n1. The van der Waals surface area contributed by atoms with Crippen molar-refractivity contribution in [3.05, 3.63) is 24.3 Å². The summed E-state index contributed by atoms with van der Waals surface area (Å²) in [4.78, 5) is 15.2. The number of amides is 1. The number of anilines is 1. The number of tetrazole rings is 1. The number of hydrogen-bond acceptors (Lipinski definition) is 5. The fraction of sp³-hybridized carbons (Fsp3) is 0.385. The van der Waals surface area contributed by atoms with Crippen molar-refractivity contribution in [1.82, 2.24) is 25.1 Å². The molecule has 3 rings (SSSR count). The standard InChI is InChI=1S/C13H16N6O/c14-11-6-2-1-5-10(11)13-15-17-19(16-13)9-12(20)18-7-3-4-8-18/h1-2,5-6H,3-4,7-9,14H2. The van der Waals surface area contributed by atoms with Gasteiger partial charge in [-0.15, -0.1) is 10.2 Å². The van der Waals surface area contributed by atoms with Crippen LogP contribution in [0.4, 0.5) is 5.69 Å². The van der Waals surface area contributed by atoms with E-state index in [1.165, 1.54) is 4.80 Å². The number of nitrogens with two attached hydrogens (primary N) is 1. The quantitative estimate of drug-likeness (QED) is 0.824. The predicted octanol–water partition coefficient (Wildman–Crippen LogP) is 0.545. The Kier molecular flexibility index (Phi) is 3.32. The number of benzene rings is 1. The Morgan fingerprint density at radius 2 is 2.00 bits per heavy atom. The fourth-order valence-electron chi connectivity index (χ4n) is 2.31. The first kappa shape index (κ1) is 12.6. The smallest absolute Gasteiger partial charge is 0.246 e. The summed E-state index contributed by atoms with van der Waals surface area (Å²) in [5.74, 6) is 0.477. The number of rotatable bonds is 3. The molecule has 20 heavy (non-hydrogen) atoms. The van der Waals surface area contributed by atoms with E-state index in [4.69, 9.17) is 5.73 Å². The van der Waals surface area contributed by atoms with Crippen molar-refractivity contribution in [1.29, 1.82) is 0 Å². The topological polar surface area (TPSA) is 89.9 Å². The summed E-state index contributed by atoms with van der Waals surface area (Å²) in [7, 11) is 0. The molecule has 2 heterocycles. The lowest BCUT2D eigenvalue weighted by molar-refractivity contribution is -0.131. The van der Waals surface area contributed by atoms with Crippen molar-refractivity contribution in [2.75, 3.05) is 18.8 Å². The molecule has 2 N–H and O–H groups in total. The zero-order chi connectivity index (χ0) is 13.9. The van der Waals surface area contributed by atoms with Crippen LogP contribution >= 0.6 is 0 Å². The van der Waals surface area contributed by atoms with Crippen molar-refractivity contribution in [2.45, 2.75) is 19.4 Å². The minimum absolute atomic E-state index is 0.0347. The molecule has 2 aromatic rings. The number of nitrogen functional groups attached to an aromatic ring is 1. The van der Waals surface area contributed by atoms with Gasteiger partial charge in [0.1, 0.15) is 6.54 Å². The number of aromatic nitrogens is 4. The second-order valence-corrected chi connectivity index (χ2v) is 4.82. The first-order chi connectivity index (χ1) is 9.74. The van der Waals surface area contributed by atoms with E-state index in [9.17, 15) is 4.79 Å². The van der Waals surface area contributed by atoms with Crippen molar-refractivity contribution < 1.29 is 4.79 Å². The number of hydrogen-bond donors (Lipinski definition) is 1. The third-order valence-electron chi connectivity index (χ3n) is 3.39. The van der Waals surface area contributed by atoms with E-state index < -0.39 is 0 Å². The minimum atomic E-state index is 0.0347. The molecule has 0 saturated carbocycles. The van der Waals surface area contributed by atoms with E-state index in [1.54, 1.807) is 6.07 Å². The Morgan fingerprint density at radius 1 is 1.25 bits per heavy atom. The molecule has 7 heteroatoms. The van der Waals surface area contributed by atoms with E-state index in [0.29, 0.717) is 11.5 Å². The van der Waals surface area contributed by atoms with Crippen LogP contribution in [0.25, 0.3) is 11.4 Å². The largest absolute Gasteiger partial charge is 0.398 e. The van der Waals surface area contributed by atoms with Gasteiger partial charge in [-0.3, -0.25) is 4.79 Å². The molecule has 7 nitrogen and oxygen atoms in total. The highest BCUT2D eigenvalue weighted by molar-refractivity contribution is 5.76. The van der Waals surface area contributed by atoms with E-state index in [-0.39, 0.29) is 12.5 Å². The highest BCUT2D eigenvalue weighted by atomic mass is 16.2. The second kappa shape index (κ2) is 5.28. The van der Waals surface area contributed by atoms with Gasteiger partial charge in [-0.2, -0.15) is 4.80 Å². The van der Waals surface area contributed by atoms with Gasteiger partial charge in [0.2, 0.25) is 11.7 Å². The number of carbonyl (C=O) groups is 1. The van der Waals surface area contributed by atoms with Crippen LogP contribution in [-0.4, -0.2) is 44.1 Å². The first-order valence-corrected chi connectivity index (χ1v) is 6.64. The maximum atomic E-state index is 12.0. The van der Waals surface area contributed by atoms with Gasteiger partial charge in [0.05, 0.1) is 0 Å². The van der Waals surface area contributed by atoms with Gasteiger partial charge in [0.25, 0.3) is 0 Å². The maximum Gasteiger partial charge on any atom is 0.246 e. The van der Waals surface area contributed by atoms with Crippen molar-refractivity contribution >= 4 is 11.6 Å². The van der Waals surface area contributed by atoms with Crippen LogP contribution in [0.15, 0.2) is 24.3 Å². The molecule has 1 aromatic carbocycles. The molecule has 104 valence electrons. The van der Waals surface area contributed by atoms with E-state index in [2.05, 4.69) is 15.4 Å². The average molecular weight is 272 g/mol. The van der Waals surface area contributed by atoms with Gasteiger partial charge >= 0.3 is 0 Å². The summed E-state index contributed by atoms with van der Waals surface area (Å²) in [6, 6.07) is 7.33. The molecule has 0 aliphatic carbocycles. The average Bonchev–Trinajstić information content (AvgIpc) is 3.10. The molecule has 1 saturated heterocycles. The molecule has 1 aliphatic rings. The van der Waals surface area contributed by atoms with E-state index in [1.807, 2.05) is 23.1 Å². The van der Waals surface area contributed by atoms with Crippen molar-refractivity contribution in [3.63, 3.8) is 0 Å². The lowest BCUT2D eigenvalue weighted by Gasteiger charge is -2.13. The van der Waals surface area contributed by atoms with Gasteiger partial charge in [-0.25, -0.2) is 0 Å². The molecular weight excluding hydrogens is 256 g/mol. The van der Waals surface area contributed by atoms with Gasteiger partial charge in [0.15, 0.2) is 0 Å². The monoisotopic (exact) mass is 272 g/mol. The van der Waals surface area contributed by atoms with Gasteiger partial charge in [0, 0.05) is 24.3 Å². The molecule has 1 aliphatic heterocycles. The third-order valence-corrected chi connectivity index (χ3v) is 3.39. The lowest BCUT2D eigenvalue weighted by Crippen LogP contribution is -2.31. The van der Waals surface area contributed by atoms with Gasteiger partial charge in [-0.05, 0) is 30.2 Å². The summed E-state index contributed by atoms with van der Waals surface area (Å²) in [6.07, 6.45) is 2.14. The molecule has 0 bridgehead atoms. The molecular formula is C13H16N6O. The van der Waals surface area contributed by atoms with Crippen LogP contribution in [0, 0.1) is 0 Å². The van der Waals surface area contributed by atoms with Crippen LogP contribution in [-0.2, 0) is 11.3 Å². The van der Waals surface area contributed by atoms with Gasteiger partial charge < -0.3 is 10.6 Å². The number of likely N-dealkylation sites (tertiary alicyclic amines) is 1. The zero-order valence-corrected chi connectivity index (χ0v) is 11.1. The van der Waals surface area contributed by atoms with Crippen LogP contribution < -0.4 is 5.73 Å². The van der Waals surface area contributed by atoms with Crippen molar-refractivity contribution in [2.24, 2.45) is 0 Å². The number of para-hydroxylation sites is 1. The lowest BCUT2D eigenvalue weighted by atomic mass is 10.2. The summed E-state index contributed by atoms with van der Waals surface area (Å²) in [5, 5.41) is 12.1. The predicted molar refractivity (Wildman–Crippen MR) is 73.5 cm³/mol.